The highest BCUT2D eigenvalue weighted by Gasteiger charge is 2.20. The van der Waals surface area contributed by atoms with Crippen LogP contribution in [0.25, 0.3) is 0 Å². The number of nitrogens with one attached hydrogen (secondary N) is 1. The lowest BCUT2D eigenvalue weighted by Gasteiger charge is -2.23. The van der Waals surface area contributed by atoms with Crippen LogP contribution in [0.4, 0.5) is 0 Å². The highest BCUT2D eigenvalue weighted by Crippen LogP contribution is 2.12. The second-order valence-corrected chi connectivity index (χ2v) is 4.67. The molecule has 0 saturated carbocycles. The molecule has 1 rings (SSSR count). The van der Waals surface area contributed by atoms with Crippen LogP contribution in [0.1, 0.15) is 33.6 Å². The van der Waals surface area contributed by atoms with Crippen molar-refractivity contribution in [2.75, 3.05) is 32.8 Å². The average molecular weight is 242 g/mol. The third-order valence-electron chi connectivity index (χ3n) is 3.48. The topological polar surface area (TPSA) is 41.6 Å². The molecule has 2 unspecified atom stereocenters. The standard InChI is InChI=1S/C13H26N2O2/c1-4-15(5-2)13(16)11(3)17-9-7-12-6-8-14-10-12/h11-12,14H,4-10H2,1-3H3. The Balaban J connectivity index is 2.18. The molecule has 0 aromatic rings. The van der Waals surface area contributed by atoms with Crippen LogP contribution in [0.2, 0.25) is 0 Å². The smallest absolute Gasteiger partial charge is 0.251 e. The lowest BCUT2D eigenvalue weighted by atomic mass is 10.1. The molecule has 1 N–H and O–H groups in total. The normalized spacial score (nSPS) is 21.5. The van der Waals surface area contributed by atoms with Gasteiger partial charge in [-0.1, -0.05) is 0 Å². The van der Waals surface area contributed by atoms with Gasteiger partial charge in [-0.15, -0.1) is 0 Å². The van der Waals surface area contributed by atoms with Gasteiger partial charge in [-0.05, 0) is 52.6 Å². The number of carbonyl (C=O) groups excluding carboxylic acids is 1. The lowest BCUT2D eigenvalue weighted by molar-refractivity contribution is -0.142. The molecule has 0 aromatic carbocycles. The van der Waals surface area contributed by atoms with Crippen molar-refractivity contribution in [1.82, 2.24) is 10.2 Å². The van der Waals surface area contributed by atoms with Crippen LogP contribution >= 0.6 is 0 Å². The predicted octanol–water partition coefficient (Wildman–Crippen LogP) is 1.26. The Hall–Kier alpha value is -0.610. The zero-order valence-corrected chi connectivity index (χ0v) is 11.4. The molecule has 1 aliphatic rings. The molecule has 100 valence electrons. The quantitative estimate of drug-likeness (QED) is 0.731. The fraction of sp³-hybridized carbons (Fsp3) is 0.923. The maximum atomic E-state index is 11.9. The molecule has 4 heteroatoms. The molecule has 0 bridgehead atoms. The van der Waals surface area contributed by atoms with Crippen LogP contribution < -0.4 is 5.32 Å². The fourth-order valence-electron chi connectivity index (χ4n) is 2.24. The van der Waals surface area contributed by atoms with Crippen molar-refractivity contribution in [3.05, 3.63) is 0 Å². The van der Waals surface area contributed by atoms with E-state index in [2.05, 4.69) is 5.32 Å². The Morgan fingerprint density at radius 2 is 2.18 bits per heavy atom. The maximum absolute atomic E-state index is 11.9. The molecule has 1 saturated heterocycles. The van der Waals surface area contributed by atoms with Gasteiger partial charge >= 0.3 is 0 Å². The number of rotatable bonds is 7. The molecule has 1 aliphatic heterocycles. The highest BCUT2D eigenvalue weighted by atomic mass is 16.5. The van der Waals surface area contributed by atoms with E-state index in [1.54, 1.807) is 0 Å². The number of nitrogens with zero attached hydrogens (tertiary/aromatic N) is 1. The third kappa shape index (κ3) is 4.64. The van der Waals surface area contributed by atoms with E-state index >= 15 is 0 Å². The second kappa shape index (κ2) is 7.67. The third-order valence-corrected chi connectivity index (χ3v) is 3.48. The summed E-state index contributed by atoms with van der Waals surface area (Å²) in [6, 6.07) is 0. The molecule has 0 aliphatic carbocycles. The first-order valence-electron chi connectivity index (χ1n) is 6.80. The number of carbonyl (C=O) groups is 1. The fourth-order valence-corrected chi connectivity index (χ4v) is 2.24. The average Bonchev–Trinajstić information content (AvgIpc) is 2.83. The first-order chi connectivity index (χ1) is 8.19. The Morgan fingerprint density at radius 3 is 2.71 bits per heavy atom. The summed E-state index contributed by atoms with van der Waals surface area (Å²) in [7, 11) is 0. The van der Waals surface area contributed by atoms with Gasteiger partial charge in [-0.3, -0.25) is 4.79 Å². The van der Waals surface area contributed by atoms with Crippen LogP contribution in [0, 0.1) is 5.92 Å². The van der Waals surface area contributed by atoms with Gasteiger partial charge in [-0.25, -0.2) is 0 Å². The summed E-state index contributed by atoms with van der Waals surface area (Å²) < 4.78 is 5.63. The molecule has 1 amide bonds. The second-order valence-electron chi connectivity index (χ2n) is 4.67. The largest absolute Gasteiger partial charge is 0.369 e. The number of hydrogen-bond acceptors (Lipinski definition) is 3. The predicted molar refractivity (Wildman–Crippen MR) is 68.9 cm³/mol. The van der Waals surface area contributed by atoms with Crippen molar-refractivity contribution < 1.29 is 9.53 Å². The molecule has 17 heavy (non-hydrogen) atoms. The molecule has 2 atom stereocenters. The lowest BCUT2D eigenvalue weighted by Crippen LogP contribution is -2.39. The summed E-state index contributed by atoms with van der Waals surface area (Å²) in [6.45, 7) is 10.3. The molecule has 1 heterocycles. The van der Waals surface area contributed by atoms with E-state index in [0.717, 1.165) is 38.5 Å². The minimum Gasteiger partial charge on any atom is -0.369 e. The van der Waals surface area contributed by atoms with Gasteiger partial charge < -0.3 is 15.0 Å². The van der Waals surface area contributed by atoms with Crippen molar-refractivity contribution >= 4 is 5.91 Å². The molecule has 1 fully saturated rings. The summed E-state index contributed by atoms with van der Waals surface area (Å²) in [5.74, 6) is 0.838. The van der Waals surface area contributed by atoms with Crippen LogP contribution in [0.15, 0.2) is 0 Å². The van der Waals surface area contributed by atoms with E-state index in [-0.39, 0.29) is 12.0 Å². The van der Waals surface area contributed by atoms with E-state index in [9.17, 15) is 4.79 Å². The van der Waals surface area contributed by atoms with Gasteiger partial charge in [-0.2, -0.15) is 0 Å². The van der Waals surface area contributed by atoms with E-state index in [1.807, 2.05) is 25.7 Å². The molecule has 0 radical (unpaired) electrons. The van der Waals surface area contributed by atoms with Gasteiger partial charge in [0.05, 0.1) is 0 Å². The molecular weight excluding hydrogens is 216 g/mol. The highest BCUT2D eigenvalue weighted by molar-refractivity contribution is 5.80. The SMILES string of the molecule is CCN(CC)C(=O)C(C)OCCC1CCNC1. The number of likely N-dealkylation sites (N-methyl/N-ethyl adjacent to an activating group) is 1. The maximum Gasteiger partial charge on any atom is 0.251 e. The summed E-state index contributed by atoms with van der Waals surface area (Å²) >= 11 is 0. The Labute approximate surface area is 105 Å². The monoisotopic (exact) mass is 242 g/mol. The first-order valence-corrected chi connectivity index (χ1v) is 6.80. The summed E-state index contributed by atoms with van der Waals surface area (Å²) in [4.78, 5) is 13.7. The number of ether oxygens (including phenoxy) is 1. The van der Waals surface area contributed by atoms with E-state index < -0.39 is 0 Å². The zero-order chi connectivity index (χ0) is 12.7. The van der Waals surface area contributed by atoms with Crippen LogP contribution in [0.3, 0.4) is 0 Å². The zero-order valence-electron chi connectivity index (χ0n) is 11.4. The molecule has 4 nitrogen and oxygen atoms in total. The minimum absolute atomic E-state index is 0.111. The minimum atomic E-state index is -0.302. The van der Waals surface area contributed by atoms with E-state index in [1.165, 1.54) is 6.42 Å². The van der Waals surface area contributed by atoms with Crippen molar-refractivity contribution in [3.63, 3.8) is 0 Å². The van der Waals surface area contributed by atoms with Gasteiger partial charge in [0.1, 0.15) is 6.10 Å². The summed E-state index contributed by atoms with van der Waals surface area (Å²) in [5.41, 5.74) is 0. The van der Waals surface area contributed by atoms with Gasteiger partial charge in [0.2, 0.25) is 0 Å². The van der Waals surface area contributed by atoms with E-state index in [0.29, 0.717) is 6.61 Å². The van der Waals surface area contributed by atoms with Crippen LogP contribution in [-0.2, 0) is 9.53 Å². The van der Waals surface area contributed by atoms with Gasteiger partial charge in [0.15, 0.2) is 0 Å². The Kier molecular flexibility index (Phi) is 6.52. The first kappa shape index (κ1) is 14.5. The number of amides is 1. The van der Waals surface area contributed by atoms with Gasteiger partial charge in [0.25, 0.3) is 5.91 Å². The van der Waals surface area contributed by atoms with Crippen molar-refractivity contribution in [2.24, 2.45) is 5.92 Å². The number of hydrogen-bond donors (Lipinski definition) is 1. The van der Waals surface area contributed by atoms with Crippen LogP contribution in [0.5, 0.6) is 0 Å². The summed E-state index contributed by atoms with van der Waals surface area (Å²) in [5, 5.41) is 3.34. The van der Waals surface area contributed by atoms with Crippen molar-refractivity contribution in [2.45, 2.75) is 39.7 Å². The summed E-state index contributed by atoms with van der Waals surface area (Å²) in [6.07, 6.45) is 1.99. The van der Waals surface area contributed by atoms with E-state index in [4.69, 9.17) is 4.74 Å². The Morgan fingerprint density at radius 1 is 1.47 bits per heavy atom. The van der Waals surface area contributed by atoms with Crippen LogP contribution in [-0.4, -0.2) is 49.7 Å². The van der Waals surface area contributed by atoms with Crippen molar-refractivity contribution in [1.29, 1.82) is 0 Å². The molecule has 0 aromatic heterocycles. The Bertz CT molecular complexity index is 223. The van der Waals surface area contributed by atoms with Crippen molar-refractivity contribution in [3.8, 4) is 0 Å². The van der Waals surface area contributed by atoms with Gasteiger partial charge in [0, 0.05) is 19.7 Å². The molecule has 0 spiro atoms. The molecular formula is C13H26N2O2.